The molecule has 40 heavy (non-hydrogen) atoms. The first-order chi connectivity index (χ1) is 18.7. The SMILES string of the molecule is Cc1ccc(C(F)(F)F)cc1C(Cc1ccccc1)(NC(=O)c1ccc(F)c(C(F)(F)F)c1)c1ccc(Cl)cn1. The first kappa shape index (κ1) is 29.1. The molecule has 3 aromatic carbocycles. The van der Waals surface area contributed by atoms with Gasteiger partial charge >= 0.3 is 12.4 Å². The third kappa shape index (κ3) is 6.12. The topological polar surface area (TPSA) is 42.0 Å². The van der Waals surface area contributed by atoms with Crippen LogP contribution in [0.15, 0.2) is 85.1 Å². The molecule has 0 bridgehead atoms. The molecule has 0 aliphatic rings. The van der Waals surface area contributed by atoms with Gasteiger partial charge in [0.1, 0.15) is 11.4 Å². The fourth-order valence-corrected chi connectivity index (χ4v) is 4.55. The van der Waals surface area contributed by atoms with Crippen LogP contribution in [0.4, 0.5) is 30.7 Å². The van der Waals surface area contributed by atoms with E-state index in [0.29, 0.717) is 23.3 Å². The lowest BCUT2D eigenvalue weighted by Crippen LogP contribution is -2.49. The largest absolute Gasteiger partial charge is 0.419 e. The van der Waals surface area contributed by atoms with Gasteiger partial charge in [-0.25, -0.2) is 4.39 Å². The van der Waals surface area contributed by atoms with E-state index in [9.17, 15) is 35.5 Å². The van der Waals surface area contributed by atoms with Gasteiger partial charge in [0.2, 0.25) is 0 Å². The van der Waals surface area contributed by atoms with Crippen LogP contribution < -0.4 is 5.32 Å². The van der Waals surface area contributed by atoms with Crippen molar-refractivity contribution in [3.05, 3.63) is 135 Å². The Labute approximate surface area is 229 Å². The number of rotatable bonds is 6. The summed E-state index contributed by atoms with van der Waals surface area (Å²) in [5, 5.41) is 2.87. The maximum Gasteiger partial charge on any atom is 0.419 e. The summed E-state index contributed by atoms with van der Waals surface area (Å²) in [7, 11) is 0. The van der Waals surface area contributed by atoms with Crippen LogP contribution in [-0.4, -0.2) is 10.9 Å². The minimum atomic E-state index is -5.09. The van der Waals surface area contributed by atoms with Crippen molar-refractivity contribution in [1.82, 2.24) is 10.3 Å². The van der Waals surface area contributed by atoms with Gasteiger partial charge in [-0.2, -0.15) is 26.3 Å². The van der Waals surface area contributed by atoms with Crippen LogP contribution in [0.1, 0.15) is 43.9 Å². The fraction of sp³-hybridized carbons (Fsp3) is 0.172. The number of nitrogens with one attached hydrogen (secondary N) is 1. The molecule has 11 heteroatoms. The Hall–Kier alpha value is -3.92. The molecule has 1 unspecified atom stereocenters. The lowest BCUT2D eigenvalue weighted by Gasteiger charge is -2.37. The summed E-state index contributed by atoms with van der Waals surface area (Å²) in [6.07, 6.45) is -8.72. The van der Waals surface area contributed by atoms with E-state index < -0.39 is 46.3 Å². The molecule has 1 aromatic heterocycles. The number of hydrogen-bond acceptors (Lipinski definition) is 2. The van der Waals surface area contributed by atoms with Crippen molar-refractivity contribution in [2.45, 2.75) is 31.2 Å². The summed E-state index contributed by atoms with van der Waals surface area (Å²) in [6.45, 7) is 1.54. The van der Waals surface area contributed by atoms with Crippen molar-refractivity contribution in [1.29, 1.82) is 0 Å². The minimum absolute atomic E-state index is 0.00695. The Morgan fingerprint density at radius 1 is 0.850 bits per heavy atom. The van der Waals surface area contributed by atoms with Crippen LogP contribution >= 0.6 is 11.6 Å². The van der Waals surface area contributed by atoms with Crippen LogP contribution in [0.3, 0.4) is 0 Å². The number of benzene rings is 3. The summed E-state index contributed by atoms with van der Waals surface area (Å²) >= 11 is 6.02. The van der Waals surface area contributed by atoms with Gasteiger partial charge in [-0.1, -0.05) is 48.0 Å². The smallest absolute Gasteiger partial charge is 0.337 e. The quantitative estimate of drug-likeness (QED) is 0.234. The van der Waals surface area contributed by atoms with E-state index in [2.05, 4.69) is 10.3 Å². The number of halogens is 8. The molecule has 3 nitrogen and oxygen atoms in total. The van der Waals surface area contributed by atoms with Gasteiger partial charge in [0.15, 0.2) is 0 Å². The zero-order valence-corrected chi connectivity index (χ0v) is 21.4. The summed E-state index contributed by atoms with van der Waals surface area (Å²) in [5.41, 5.74) is -4.03. The number of aryl methyl sites for hydroxylation is 1. The van der Waals surface area contributed by atoms with Gasteiger partial charge in [-0.05, 0) is 66.1 Å². The first-order valence-corrected chi connectivity index (χ1v) is 12.1. The molecule has 1 amide bonds. The lowest BCUT2D eigenvalue weighted by atomic mass is 9.77. The Bertz CT molecular complexity index is 1520. The van der Waals surface area contributed by atoms with Gasteiger partial charge < -0.3 is 5.32 Å². The summed E-state index contributed by atoms with van der Waals surface area (Å²) in [5.74, 6) is -2.66. The summed E-state index contributed by atoms with van der Waals surface area (Å²) < 4.78 is 95.6. The number of alkyl halides is 6. The van der Waals surface area contributed by atoms with Gasteiger partial charge in [0.05, 0.1) is 21.8 Å². The lowest BCUT2D eigenvalue weighted by molar-refractivity contribution is -0.140. The monoisotopic (exact) mass is 580 g/mol. The zero-order chi connectivity index (χ0) is 29.3. The second-order valence-electron chi connectivity index (χ2n) is 9.10. The Kier molecular flexibility index (Phi) is 7.94. The van der Waals surface area contributed by atoms with E-state index >= 15 is 0 Å². The van der Waals surface area contributed by atoms with Crippen molar-refractivity contribution >= 4 is 17.5 Å². The van der Waals surface area contributed by atoms with Crippen LogP contribution in [0.25, 0.3) is 0 Å². The summed E-state index contributed by atoms with van der Waals surface area (Å²) in [6, 6.07) is 16.0. The van der Waals surface area contributed by atoms with Crippen molar-refractivity contribution < 1.29 is 35.5 Å². The van der Waals surface area contributed by atoms with Crippen molar-refractivity contribution in [2.24, 2.45) is 0 Å². The number of amides is 1. The number of carbonyl (C=O) groups is 1. The zero-order valence-electron chi connectivity index (χ0n) is 20.7. The maximum atomic E-state index is 14.0. The van der Waals surface area contributed by atoms with E-state index in [1.165, 1.54) is 31.3 Å². The molecule has 4 aromatic rings. The molecule has 1 N–H and O–H groups in total. The third-order valence-corrected chi connectivity index (χ3v) is 6.59. The highest BCUT2D eigenvalue weighted by Gasteiger charge is 2.42. The van der Waals surface area contributed by atoms with Crippen LogP contribution in [-0.2, 0) is 24.3 Å². The molecule has 1 heterocycles. The van der Waals surface area contributed by atoms with Gasteiger partial charge in [-0.3, -0.25) is 9.78 Å². The maximum absolute atomic E-state index is 14.0. The normalized spacial score (nSPS) is 13.5. The highest BCUT2D eigenvalue weighted by atomic mass is 35.5. The number of hydrogen-bond donors (Lipinski definition) is 1. The molecular weight excluding hydrogens is 561 g/mol. The Balaban J connectivity index is 1.99. The second-order valence-corrected chi connectivity index (χ2v) is 9.54. The number of pyridine rings is 1. The summed E-state index contributed by atoms with van der Waals surface area (Å²) in [4.78, 5) is 17.9. The molecule has 0 saturated carbocycles. The molecule has 0 aliphatic carbocycles. The minimum Gasteiger partial charge on any atom is -0.337 e. The van der Waals surface area contributed by atoms with Crippen molar-refractivity contribution in [2.75, 3.05) is 0 Å². The Morgan fingerprint density at radius 2 is 1.55 bits per heavy atom. The van der Waals surface area contributed by atoms with Gasteiger partial charge in [-0.15, -0.1) is 0 Å². The standard InChI is InChI=1S/C29H20ClF7N2O/c1-17-7-9-20(28(32,33)34)14-22(17)27(15-18-5-3-2-4-6-18,25-12-10-21(30)16-38-25)39-26(40)19-8-11-24(31)23(13-19)29(35,36)37/h2-14,16H,15H2,1H3,(H,39,40). The van der Waals surface area contributed by atoms with Crippen molar-refractivity contribution in [3.63, 3.8) is 0 Å². The molecule has 1 atom stereocenters. The molecule has 0 saturated heterocycles. The molecule has 208 valence electrons. The molecule has 4 rings (SSSR count). The molecule has 0 fully saturated rings. The average molecular weight is 581 g/mol. The highest BCUT2D eigenvalue weighted by molar-refractivity contribution is 6.30. The van der Waals surface area contributed by atoms with Gasteiger partial charge in [0.25, 0.3) is 5.91 Å². The van der Waals surface area contributed by atoms with Crippen LogP contribution in [0.2, 0.25) is 5.02 Å². The van der Waals surface area contributed by atoms with Crippen LogP contribution in [0.5, 0.6) is 0 Å². The Morgan fingerprint density at radius 3 is 2.15 bits per heavy atom. The molecule has 0 aliphatic heterocycles. The van der Waals surface area contributed by atoms with Crippen LogP contribution in [0, 0.1) is 12.7 Å². The van der Waals surface area contributed by atoms with E-state index in [4.69, 9.17) is 11.6 Å². The van der Waals surface area contributed by atoms with E-state index in [1.54, 1.807) is 30.3 Å². The van der Waals surface area contributed by atoms with E-state index in [0.717, 1.165) is 18.2 Å². The highest BCUT2D eigenvalue weighted by Crippen LogP contribution is 2.39. The van der Waals surface area contributed by atoms with Gasteiger partial charge in [0, 0.05) is 18.2 Å². The van der Waals surface area contributed by atoms with E-state index in [-0.39, 0.29) is 22.7 Å². The molecule has 0 spiro atoms. The number of carbonyl (C=O) groups excluding carboxylic acids is 1. The number of nitrogens with zero attached hydrogens (tertiary/aromatic N) is 1. The first-order valence-electron chi connectivity index (χ1n) is 11.7. The predicted molar refractivity (Wildman–Crippen MR) is 135 cm³/mol. The predicted octanol–water partition coefficient (Wildman–Crippen LogP) is 8.14. The van der Waals surface area contributed by atoms with E-state index in [1.807, 2.05) is 0 Å². The average Bonchev–Trinajstić information content (AvgIpc) is 2.88. The number of aromatic nitrogens is 1. The molecule has 0 radical (unpaired) electrons. The second kappa shape index (κ2) is 10.9. The van der Waals surface area contributed by atoms with Crippen molar-refractivity contribution in [3.8, 4) is 0 Å². The fourth-order valence-electron chi connectivity index (χ4n) is 4.44. The third-order valence-electron chi connectivity index (χ3n) is 6.36. The molecular formula is C29H20ClF7N2O.